The summed E-state index contributed by atoms with van der Waals surface area (Å²) in [5.74, 6) is 0.567. The van der Waals surface area contributed by atoms with Crippen LogP contribution < -0.4 is 4.74 Å². The van der Waals surface area contributed by atoms with Gasteiger partial charge in [0, 0.05) is 11.1 Å². The SMILES string of the molecule is CC(=O)C1=Cc2cccc(O)c2OC1. The van der Waals surface area contributed by atoms with Crippen LogP contribution >= 0.6 is 0 Å². The normalized spacial score (nSPS) is 13.9. The van der Waals surface area contributed by atoms with Crippen LogP contribution in [0, 0.1) is 0 Å². The maximum Gasteiger partial charge on any atom is 0.168 e. The van der Waals surface area contributed by atoms with Gasteiger partial charge in [-0.2, -0.15) is 0 Å². The molecular formula is C11H10O3. The fourth-order valence-electron chi connectivity index (χ4n) is 1.40. The molecule has 0 spiro atoms. The van der Waals surface area contributed by atoms with Crippen LogP contribution in [0.5, 0.6) is 11.5 Å². The largest absolute Gasteiger partial charge is 0.504 e. The first-order valence-electron chi connectivity index (χ1n) is 4.35. The molecular weight excluding hydrogens is 180 g/mol. The molecule has 0 aromatic heterocycles. The summed E-state index contributed by atoms with van der Waals surface area (Å²) in [5, 5.41) is 9.44. The van der Waals surface area contributed by atoms with Gasteiger partial charge in [-0.15, -0.1) is 0 Å². The average molecular weight is 190 g/mol. The van der Waals surface area contributed by atoms with Crippen molar-refractivity contribution in [2.75, 3.05) is 6.61 Å². The number of para-hydroxylation sites is 1. The van der Waals surface area contributed by atoms with Gasteiger partial charge in [0.15, 0.2) is 17.3 Å². The summed E-state index contributed by atoms with van der Waals surface area (Å²) in [5.41, 5.74) is 1.38. The molecule has 0 radical (unpaired) electrons. The van der Waals surface area contributed by atoms with Crippen molar-refractivity contribution < 1.29 is 14.6 Å². The number of phenols is 1. The Hall–Kier alpha value is -1.77. The first kappa shape index (κ1) is 8.81. The molecule has 3 nitrogen and oxygen atoms in total. The van der Waals surface area contributed by atoms with Crippen LogP contribution in [0.3, 0.4) is 0 Å². The third-order valence-electron chi connectivity index (χ3n) is 2.18. The second-order valence-corrected chi connectivity index (χ2v) is 3.21. The number of phenolic OH excluding ortho intramolecular Hbond substituents is 1. The second kappa shape index (κ2) is 3.18. The summed E-state index contributed by atoms with van der Waals surface area (Å²) in [7, 11) is 0. The van der Waals surface area contributed by atoms with Gasteiger partial charge in [-0.05, 0) is 19.1 Å². The highest BCUT2D eigenvalue weighted by atomic mass is 16.5. The zero-order valence-corrected chi connectivity index (χ0v) is 7.78. The fourth-order valence-corrected chi connectivity index (χ4v) is 1.40. The van der Waals surface area contributed by atoms with E-state index in [1.165, 1.54) is 6.92 Å². The summed E-state index contributed by atoms with van der Waals surface area (Å²) in [4.78, 5) is 11.1. The number of ether oxygens (including phenoxy) is 1. The first-order valence-corrected chi connectivity index (χ1v) is 4.35. The van der Waals surface area contributed by atoms with E-state index in [0.717, 1.165) is 5.56 Å². The molecule has 0 atom stereocenters. The number of Topliss-reactive ketones (excluding diaryl/α,β-unsaturated/α-hetero) is 1. The lowest BCUT2D eigenvalue weighted by Gasteiger charge is -2.16. The lowest BCUT2D eigenvalue weighted by atomic mass is 10.0. The topological polar surface area (TPSA) is 46.5 Å². The summed E-state index contributed by atoms with van der Waals surface area (Å²) in [6, 6.07) is 5.08. The van der Waals surface area contributed by atoms with E-state index in [1.54, 1.807) is 24.3 Å². The highest BCUT2D eigenvalue weighted by molar-refractivity contribution is 5.99. The molecule has 0 saturated heterocycles. The Morgan fingerprint density at radius 3 is 3.00 bits per heavy atom. The van der Waals surface area contributed by atoms with Gasteiger partial charge in [-0.25, -0.2) is 0 Å². The lowest BCUT2D eigenvalue weighted by Crippen LogP contribution is -2.12. The Labute approximate surface area is 81.6 Å². The fraction of sp³-hybridized carbons (Fsp3) is 0.182. The van der Waals surface area contributed by atoms with Gasteiger partial charge in [0.05, 0.1) is 0 Å². The van der Waals surface area contributed by atoms with Crippen LogP contribution in [-0.4, -0.2) is 17.5 Å². The van der Waals surface area contributed by atoms with Crippen molar-refractivity contribution in [2.45, 2.75) is 6.92 Å². The van der Waals surface area contributed by atoms with Crippen LogP contribution in [0.25, 0.3) is 6.08 Å². The Balaban J connectivity index is 2.50. The quantitative estimate of drug-likeness (QED) is 0.733. The van der Waals surface area contributed by atoms with Gasteiger partial charge in [0.25, 0.3) is 0 Å². The van der Waals surface area contributed by atoms with E-state index in [1.807, 2.05) is 0 Å². The number of ketones is 1. The Morgan fingerprint density at radius 1 is 1.50 bits per heavy atom. The lowest BCUT2D eigenvalue weighted by molar-refractivity contribution is -0.113. The van der Waals surface area contributed by atoms with E-state index < -0.39 is 0 Å². The number of carbonyl (C=O) groups excluding carboxylic acids is 1. The molecule has 0 amide bonds. The molecule has 1 aliphatic rings. The molecule has 14 heavy (non-hydrogen) atoms. The molecule has 1 aliphatic heterocycles. The van der Waals surface area contributed by atoms with E-state index in [2.05, 4.69) is 0 Å². The van der Waals surface area contributed by atoms with Gasteiger partial charge in [-0.1, -0.05) is 12.1 Å². The first-order chi connectivity index (χ1) is 6.68. The number of aromatic hydroxyl groups is 1. The average Bonchev–Trinajstić information content (AvgIpc) is 2.17. The van der Waals surface area contributed by atoms with Gasteiger partial charge in [0.2, 0.25) is 0 Å². The molecule has 0 fully saturated rings. The van der Waals surface area contributed by atoms with Crippen molar-refractivity contribution in [3.63, 3.8) is 0 Å². The minimum Gasteiger partial charge on any atom is -0.504 e. The molecule has 3 heteroatoms. The molecule has 0 unspecified atom stereocenters. The van der Waals surface area contributed by atoms with Crippen LogP contribution in [0.4, 0.5) is 0 Å². The summed E-state index contributed by atoms with van der Waals surface area (Å²) in [6.45, 7) is 1.74. The third kappa shape index (κ3) is 1.37. The van der Waals surface area contributed by atoms with Crippen molar-refractivity contribution in [2.24, 2.45) is 0 Å². The Morgan fingerprint density at radius 2 is 2.29 bits per heavy atom. The van der Waals surface area contributed by atoms with Crippen LogP contribution in [0.1, 0.15) is 12.5 Å². The predicted octanol–water partition coefficient (Wildman–Crippen LogP) is 1.76. The van der Waals surface area contributed by atoms with Crippen LogP contribution in [0.2, 0.25) is 0 Å². The molecule has 1 aromatic rings. The molecule has 0 saturated carbocycles. The zero-order chi connectivity index (χ0) is 10.1. The van der Waals surface area contributed by atoms with Gasteiger partial charge in [0.1, 0.15) is 6.61 Å². The smallest absolute Gasteiger partial charge is 0.168 e. The van der Waals surface area contributed by atoms with Gasteiger partial charge < -0.3 is 9.84 Å². The Kier molecular flexibility index (Phi) is 2.00. The van der Waals surface area contributed by atoms with Crippen molar-refractivity contribution in [3.05, 3.63) is 29.3 Å². The number of rotatable bonds is 1. The predicted molar refractivity (Wildman–Crippen MR) is 52.3 cm³/mol. The minimum absolute atomic E-state index is 0.000933. The summed E-state index contributed by atoms with van der Waals surface area (Å²) in [6.07, 6.45) is 1.75. The highest BCUT2D eigenvalue weighted by Crippen LogP contribution is 2.34. The molecule has 1 heterocycles. The molecule has 1 N–H and O–H groups in total. The van der Waals surface area contributed by atoms with Crippen LogP contribution in [0.15, 0.2) is 23.8 Å². The van der Waals surface area contributed by atoms with E-state index in [4.69, 9.17) is 4.74 Å². The standard InChI is InChI=1S/C11H10O3/c1-7(12)9-5-8-3-2-4-10(13)11(8)14-6-9/h2-5,13H,6H2,1H3. The molecule has 2 rings (SSSR count). The maximum atomic E-state index is 11.1. The van der Waals surface area contributed by atoms with Crippen molar-refractivity contribution in [3.8, 4) is 11.5 Å². The highest BCUT2D eigenvalue weighted by Gasteiger charge is 2.16. The molecule has 72 valence electrons. The number of carbonyl (C=O) groups is 1. The zero-order valence-electron chi connectivity index (χ0n) is 7.78. The van der Waals surface area contributed by atoms with Crippen molar-refractivity contribution in [1.29, 1.82) is 0 Å². The Bertz CT molecular complexity index is 419. The minimum atomic E-state index is -0.000933. The van der Waals surface area contributed by atoms with E-state index in [9.17, 15) is 9.90 Å². The molecule has 1 aromatic carbocycles. The summed E-state index contributed by atoms with van der Waals surface area (Å²) < 4.78 is 5.29. The maximum absolute atomic E-state index is 11.1. The number of hydrogen-bond donors (Lipinski definition) is 1. The third-order valence-corrected chi connectivity index (χ3v) is 2.18. The van der Waals surface area contributed by atoms with Gasteiger partial charge >= 0.3 is 0 Å². The van der Waals surface area contributed by atoms with E-state index >= 15 is 0 Å². The monoisotopic (exact) mass is 190 g/mol. The van der Waals surface area contributed by atoms with Gasteiger partial charge in [-0.3, -0.25) is 4.79 Å². The molecule has 0 bridgehead atoms. The molecule has 0 aliphatic carbocycles. The van der Waals surface area contributed by atoms with Crippen molar-refractivity contribution >= 4 is 11.9 Å². The van der Waals surface area contributed by atoms with Crippen molar-refractivity contribution in [1.82, 2.24) is 0 Å². The number of benzene rings is 1. The second-order valence-electron chi connectivity index (χ2n) is 3.21. The van der Waals surface area contributed by atoms with E-state index in [-0.39, 0.29) is 18.1 Å². The number of fused-ring (bicyclic) bond motifs is 1. The van der Waals surface area contributed by atoms with E-state index in [0.29, 0.717) is 11.3 Å². The summed E-state index contributed by atoms with van der Waals surface area (Å²) >= 11 is 0. The number of hydrogen-bond acceptors (Lipinski definition) is 3. The van der Waals surface area contributed by atoms with Crippen LogP contribution in [-0.2, 0) is 4.79 Å².